The molecule has 0 aromatic heterocycles. The second kappa shape index (κ2) is 20.0. The molecule has 0 aromatic carbocycles. The van der Waals surface area contributed by atoms with Crippen molar-refractivity contribution in [1.82, 2.24) is 25.4 Å². The van der Waals surface area contributed by atoms with E-state index in [0.29, 0.717) is 54.4 Å². The van der Waals surface area contributed by atoms with Gasteiger partial charge in [-0.1, -0.05) is 61.9 Å². The van der Waals surface area contributed by atoms with Crippen molar-refractivity contribution < 1.29 is 24.6 Å². The van der Waals surface area contributed by atoms with E-state index in [0.717, 1.165) is 0 Å². The Morgan fingerprint density at radius 1 is 1.38 bits per heavy atom. The summed E-state index contributed by atoms with van der Waals surface area (Å²) in [5.41, 5.74) is 1.47. The van der Waals surface area contributed by atoms with Crippen LogP contribution in [0.3, 0.4) is 0 Å². The number of urea groups is 2. The number of carbonyl (C=O) groups is 2. The molecule has 1 saturated heterocycles. The molecule has 2 rings (SSSR count). The maximum atomic E-state index is 13.3. The molecule has 0 aromatic rings. The predicted octanol–water partition coefficient (Wildman–Crippen LogP) is 5.48. The molecule has 2 heterocycles. The van der Waals surface area contributed by atoms with E-state index >= 15 is 0 Å². The average Bonchev–Trinajstić information content (AvgIpc) is 3.40. The van der Waals surface area contributed by atoms with E-state index in [1.54, 1.807) is 32.1 Å². The van der Waals surface area contributed by atoms with Crippen LogP contribution in [-0.2, 0) is 4.62 Å². The molecule has 0 aliphatic carbocycles. The van der Waals surface area contributed by atoms with E-state index in [-0.39, 0.29) is 26.9 Å². The third-order valence-corrected chi connectivity index (χ3v) is 6.62. The number of nitrogens with one attached hydrogen (secondary N) is 2. The Balaban J connectivity index is 0.00000431. The summed E-state index contributed by atoms with van der Waals surface area (Å²) in [6.45, 7) is 15.4. The highest BCUT2D eigenvalue weighted by molar-refractivity contribution is 7.31. The zero-order valence-electron chi connectivity index (χ0n) is 25.3. The molecule has 4 amide bonds. The summed E-state index contributed by atoms with van der Waals surface area (Å²) >= 11 is 0. The van der Waals surface area contributed by atoms with Gasteiger partial charge in [-0.15, -0.1) is 5.92 Å². The summed E-state index contributed by atoms with van der Waals surface area (Å²) in [5.74, 6) is 5.37. The molecule has 1 fully saturated rings. The van der Waals surface area contributed by atoms with Gasteiger partial charge in [0.2, 0.25) is 5.84 Å². The van der Waals surface area contributed by atoms with Crippen molar-refractivity contribution in [2.45, 2.75) is 73.0 Å². The molecule has 0 saturated carbocycles. The number of nitrogens with zero attached hydrogens (tertiary/aromatic N) is 5. The first-order valence-electron chi connectivity index (χ1n) is 13.9. The number of hydrogen-bond donors (Lipinski definition) is 4. The van der Waals surface area contributed by atoms with Crippen molar-refractivity contribution in [3.05, 3.63) is 60.4 Å². The largest absolute Gasteiger partial charge is 0.409 e. The molecule has 13 heteroatoms. The maximum Gasteiger partial charge on any atom is 0.346 e. The minimum Gasteiger partial charge on any atom is -0.409 e. The fourth-order valence-corrected chi connectivity index (χ4v) is 4.40. The van der Waals surface area contributed by atoms with E-state index in [9.17, 15) is 20.0 Å². The molecule has 0 bridgehead atoms. The van der Waals surface area contributed by atoms with Crippen LogP contribution >= 0.6 is 8.96 Å². The molecule has 3 atom stereocenters. The van der Waals surface area contributed by atoms with Crippen molar-refractivity contribution in [3.8, 4) is 11.8 Å². The zero-order chi connectivity index (χ0) is 31.5. The third-order valence-electron chi connectivity index (χ3n) is 6.02. The number of hydrogen-bond acceptors (Lipinski definition) is 7. The van der Waals surface area contributed by atoms with Crippen molar-refractivity contribution >= 4 is 32.6 Å². The van der Waals surface area contributed by atoms with Gasteiger partial charge in [-0.3, -0.25) is 15.3 Å². The summed E-state index contributed by atoms with van der Waals surface area (Å²) in [6.07, 6.45) is 13.1. The van der Waals surface area contributed by atoms with E-state index in [2.05, 4.69) is 34.0 Å². The van der Waals surface area contributed by atoms with Gasteiger partial charge >= 0.3 is 12.1 Å². The molecular formula is C29H44N7O5P. The van der Waals surface area contributed by atoms with Gasteiger partial charge in [-0.25, -0.2) is 19.3 Å². The summed E-state index contributed by atoms with van der Waals surface area (Å²) in [4.78, 5) is 31.4. The minimum absolute atomic E-state index is 0.130. The number of oxime groups is 1. The van der Waals surface area contributed by atoms with Crippen LogP contribution in [0.2, 0.25) is 0 Å². The van der Waals surface area contributed by atoms with Gasteiger partial charge in [-0.2, -0.15) is 5.06 Å². The van der Waals surface area contributed by atoms with Crippen LogP contribution in [0.15, 0.2) is 70.5 Å². The molecular weight excluding hydrogens is 557 g/mol. The Kier molecular flexibility index (Phi) is 17.2. The second-order valence-corrected chi connectivity index (χ2v) is 9.30. The zero-order valence-corrected chi connectivity index (χ0v) is 26.3. The first-order chi connectivity index (χ1) is 20.3. The number of amidine groups is 1. The first kappa shape index (κ1) is 36.1. The summed E-state index contributed by atoms with van der Waals surface area (Å²) < 4.78 is 5.31. The molecule has 12 nitrogen and oxygen atoms in total. The van der Waals surface area contributed by atoms with Gasteiger partial charge in [0.1, 0.15) is 0 Å². The van der Waals surface area contributed by atoms with Crippen molar-refractivity contribution in [1.29, 1.82) is 0 Å². The second-order valence-electron chi connectivity index (χ2n) is 8.67. The van der Waals surface area contributed by atoms with Gasteiger partial charge in [0.05, 0.1) is 17.5 Å². The van der Waals surface area contributed by atoms with Crippen molar-refractivity contribution in [2.75, 3.05) is 13.1 Å². The lowest BCUT2D eigenvalue weighted by atomic mass is 10.0. The minimum atomic E-state index is -1.19. The molecule has 0 radical (unpaired) electrons. The van der Waals surface area contributed by atoms with Crippen LogP contribution < -0.4 is 10.4 Å². The average molecular weight is 602 g/mol. The number of allylic oxidation sites excluding steroid dienone is 9. The monoisotopic (exact) mass is 601 g/mol. The Bertz CT molecular complexity index is 1170. The van der Waals surface area contributed by atoms with E-state index < -0.39 is 12.2 Å². The number of rotatable bonds is 12. The highest BCUT2D eigenvalue weighted by atomic mass is 31.1. The highest BCUT2D eigenvalue weighted by Crippen LogP contribution is 2.23. The molecule has 2 aliphatic heterocycles. The lowest BCUT2D eigenvalue weighted by molar-refractivity contribution is -0.0163. The van der Waals surface area contributed by atoms with Crippen molar-refractivity contribution in [3.63, 3.8) is 0 Å². The number of amides is 4. The van der Waals surface area contributed by atoms with Crippen LogP contribution in [0, 0.1) is 11.8 Å². The maximum absolute atomic E-state index is 13.3. The lowest BCUT2D eigenvalue weighted by Gasteiger charge is -2.28. The standard InChI is InChI=1S/C27H38N7O5P.C2H6/c1-6-9-11-12-13-15-17-23-22(16-14-10-7-2)21(5)33(38)25(30-37)24(28-23)29-26(35)32(8-3)19-18-20(4)34-27(36)31-40-39-34;1-2/h6,9,11,13-16,20,24,37-38,40H,1,8,12,17-19H2,2-5H3,(H,29,35)(H,31,36);1-2H3/b11-9-,15-13-,16-14-,30-25-;. The normalized spacial score (nSPS) is 19.4. The molecule has 4 N–H and O–H groups in total. The predicted molar refractivity (Wildman–Crippen MR) is 168 cm³/mol. The number of carbonyl (C=O) groups excluding carboxylic acids is 2. The Hall–Kier alpha value is -3.91. The lowest BCUT2D eigenvalue weighted by Crippen LogP contribution is -2.51. The first-order valence-corrected chi connectivity index (χ1v) is 14.8. The summed E-state index contributed by atoms with van der Waals surface area (Å²) in [6, 6.07) is -1.05. The quantitative estimate of drug-likeness (QED) is 0.0583. The van der Waals surface area contributed by atoms with Crippen LogP contribution in [0.4, 0.5) is 9.59 Å². The molecule has 0 spiro atoms. The molecule has 2 aliphatic rings. The van der Waals surface area contributed by atoms with Crippen molar-refractivity contribution in [2.24, 2.45) is 10.1 Å². The Labute approximate surface area is 251 Å². The van der Waals surface area contributed by atoms with E-state index in [1.807, 2.05) is 52.0 Å². The third kappa shape index (κ3) is 10.8. The van der Waals surface area contributed by atoms with Gasteiger partial charge in [0.25, 0.3) is 0 Å². The Morgan fingerprint density at radius 2 is 2.12 bits per heavy atom. The van der Waals surface area contributed by atoms with Crippen LogP contribution in [0.25, 0.3) is 0 Å². The van der Waals surface area contributed by atoms with Gasteiger partial charge in [0.15, 0.2) is 15.1 Å². The van der Waals surface area contributed by atoms with Gasteiger partial charge in [-0.05, 0) is 52.7 Å². The van der Waals surface area contributed by atoms with Gasteiger partial charge < -0.3 is 15.4 Å². The molecule has 230 valence electrons. The topological polar surface area (TPSA) is 142 Å². The SMILES string of the molecule is C=C/C=C\C/C=C\CC1=NC(NC(=O)N(CC)CCC(C)N2OPNC2=O)/C(=N/O)N(O)C(C)=C1/C=C\C#CC.CC. The van der Waals surface area contributed by atoms with Crippen LogP contribution in [0.5, 0.6) is 0 Å². The van der Waals surface area contributed by atoms with E-state index in [1.165, 1.54) is 9.96 Å². The molecule has 42 heavy (non-hydrogen) atoms. The van der Waals surface area contributed by atoms with Gasteiger partial charge in [0, 0.05) is 25.1 Å². The molecule has 3 unspecified atom stereocenters. The van der Waals surface area contributed by atoms with Crippen LogP contribution in [-0.4, -0.2) is 74.3 Å². The number of aliphatic imine (C=N–C) groups is 1. The van der Waals surface area contributed by atoms with E-state index in [4.69, 9.17) is 9.62 Å². The van der Waals surface area contributed by atoms with Crippen LogP contribution in [0.1, 0.15) is 60.8 Å². The number of hydroxylamine groups is 4. The summed E-state index contributed by atoms with van der Waals surface area (Å²) in [7, 11) is -0.130. The smallest absolute Gasteiger partial charge is 0.346 e. The fraction of sp³-hybridized carbons (Fsp3) is 0.448. The summed E-state index contributed by atoms with van der Waals surface area (Å²) in [5, 5.41) is 31.3. The highest BCUT2D eigenvalue weighted by Gasteiger charge is 2.32. The Morgan fingerprint density at radius 3 is 2.71 bits per heavy atom. The fourth-order valence-electron chi connectivity index (χ4n) is 3.79.